The molecular formula is C22H16O4. The van der Waals surface area contributed by atoms with Crippen LogP contribution < -0.4 is 9.47 Å². The zero-order valence-electron chi connectivity index (χ0n) is 13.9. The lowest BCUT2D eigenvalue weighted by molar-refractivity contribution is -0.137. The van der Waals surface area contributed by atoms with Crippen LogP contribution in [0.25, 0.3) is 6.08 Å². The topological polar surface area (TPSA) is 52.6 Å². The van der Waals surface area contributed by atoms with Crippen LogP contribution in [0.4, 0.5) is 0 Å². The fraction of sp³-hybridized carbons (Fsp3) is 0. The Kier molecular flexibility index (Phi) is 5.58. The first-order chi connectivity index (χ1) is 12.7. The van der Waals surface area contributed by atoms with Crippen molar-refractivity contribution >= 4 is 18.0 Å². The average Bonchev–Trinajstić information content (AvgIpc) is 2.68. The monoisotopic (exact) mass is 344 g/mol. The molecule has 0 fully saturated rings. The Balaban J connectivity index is 1.87. The van der Waals surface area contributed by atoms with E-state index in [4.69, 9.17) is 9.47 Å². The first-order valence-electron chi connectivity index (χ1n) is 8.03. The number of hydrogen-bond donors (Lipinski definition) is 0. The maximum atomic E-state index is 12.6. The van der Waals surface area contributed by atoms with Crippen molar-refractivity contribution in [3.05, 3.63) is 102 Å². The van der Waals surface area contributed by atoms with Gasteiger partial charge < -0.3 is 9.47 Å². The van der Waals surface area contributed by atoms with Crippen molar-refractivity contribution in [2.24, 2.45) is 0 Å². The van der Waals surface area contributed by atoms with Gasteiger partial charge >= 0.3 is 11.9 Å². The molecule has 0 N–H and O–H groups in total. The molecule has 0 aliphatic rings. The van der Waals surface area contributed by atoms with Gasteiger partial charge in [0.1, 0.15) is 17.1 Å². The van der Waals surface area contributed by atoms with E-state index in [0.29, 0.717) is 17.1 Å². The number of carbonyl (C=O) groups excluding carboxylic acids is 2. The van der Waals surface area contributed by atoms with Gasteiger partial charge in [-0.1, -0.05) is 66.7 Å². The summed E-state index contributed by atoms with van der Waals surface area (Å²) in [6.07, 6.45) is 1.45. The summed E-state index contributed by atoms with van der Waals surface area (Å²) in [5.74, 6) is -0.852. The lowest BCUT2D eigenvalue weighted by Gasteiger charge is -2.09. The number of rotatable bonds is 5. The molecule has 3 rings (SSSR count). The summed E-state index contributed by atoms with van der Waals surface area (Å²) in [5.41, 5.74) is 0.501. The molecule has 3 aromatic carbocycles. The van der Waals surface area contributed by atoms with E-state index in [0.717, 1.165) is 0 Å². The molecule has 0 saturated carbocycles. The second-order valence-corrected chi connectivity index (χ2v) is 5.37. The highest BCUT2D eigenvalue weighted by Crippen LogP contribution is 2.17. The van der Waals surface area contributed by atoms with Crippen molar-refractivity contribution in [1.82, 2.24) is 0 Å². The Hall–Kier alpha value is -3.66. The van der Waals surface area contributed by atoms with Gasteiger partial charge in [-0.2, -0.15) is 0 Å². The summed E-state index contributed by atoms with van der Waals surface area (Å²) in [7, 11) is 0. The van der Waals surface area contributed by atoms with Crippen molar-refractivity contribution in [1.29, 1.82) is 0 Å². The highest BCUT2D eigenvalue weighted by atomic mass is 16.6. The predicted molar refractivity (Wildman–Crippen MR) is 98.6 cm³/mol. The minimum Gasteiger partial charge on any atom is -0.423 e. The number of benzene rings is 3. The van der Waals surface area contributed by atoms with Crippen LogP contribution in [-0.4, -0.2) is 11.9 Å². The largest absolute Gasteiger partial charge is 0.423 e. The van der Waals surface area contributed by atoms with E-state index < -0.39 is 11.9 Å². The SMILES string of the molecule is O=C(Oc1ccccc1)C(=Cc1ccccc1)C(=O)Oc1ccccc1. The lowest BCUT2D eigenvalue weighted by Crippen LogP contribution is -2.22. The van der Waals surface area contributed by atoms with E-state index >= 15 is 0 Å². The highest BCUT2D eigenvalue weighted by molar-refractivity contribution is 6.18. The van der Waals surface area contributed by atoms with Crippen LogP contribution in [-0.2, 0) is 9.59 Å². The van der Waals surface area contributed by atoms with Gasteiger partial charge in [0.15, 0.2) is 0 Å². The lowest BCUT2D eigenvalue weighted by atomic mass is 10.1. The molecule has 3 aromatic rings. The standard InChI is InChI=1S/C22H16O4/c23-21(25-18-12-6-2-7-13-18)20(16-17-10-4-1-5-11-17)22(24)26-19-14-8-3-9-15-19/h1-16H. The molecule has 4 nitrogen and oxygen atoms in total. The fourth-order valence-corrected chi connectivity index (χ4v) is 2.22. The van der Waals surface area contributed by atoms with Gasteiger partial charge in [0.05, 0.1) is 0 Å². The highest BCUT2D eigenvalue weighted by Gasteiger charge is 2.23. The summed E-state index contributed by atoms with van der Waals surface area (Å²) in [4.78, 5) is 25.1. The third-order valence-electron chi connectivity index (χ3n) is 3.46. The number of hydrogen-bond acceptors (Lipinski definition) is 4. The van der Waals surface area contributed by atoms with E-state index in [1.165, 1.54) is 6.08 Å². The molecule has 0 unspecified atom stereocenters. The minimum absolute atomic E-state index is 0.191. The quantitative estimate of drug-likeness (QED) is 0.228. The second-order valence-electron chi connectivity index (χ2n) is 5.37. The van der Waals surface area contributed by atoms with Crippen molar-refractivity contribution in [3.63, 3.8) is 0 Å². The summed E-state index contributed by atoms with van der Waals surface area (Å²) in [6, 6.07) is 26.2. The summed E-state index contributed by atoms with van der Waals surface area (Å²) < 4.78 is 10.6. The molecule has 0 atom stereocenters. The third-order valence-corrected chi connectivity index (χ3v) is 3.46. The zero-order valence-corrected chi connectivity index (χ0v) is 13.9. The Labute approximate surface area is 151 Å². The molecule has 128 valence electrons. The number of carbonyl (C=O) groups is 2. The van der Waals surface area contributed by atoms with Crippen LogP contribution >= 0.6 is 0 Å². The van der Waals surface area contributed by atoms with Crippen LogP contribution in [0.2, 0.25) is 0 Å². The van der Waals surface area contributed by atoms with Crippen LogP contribution in [0.5, 0.6) is 11.5 Å². The molecule has 26 heavy (non-hydrogen) atoms. The number of para-hydroxylation sites is 2. The van der Waals surface area contributed by atoms with E-state index in [1.54, 1.807) is 60.7 Å². The van der Waals surface area contributed by atoms with E-state index in [1.807, 2.05) is 30.3 Å². The Morgan fingerprint density at radius 1 is 0.577 bits per heavy atom. The van der Waals surface area contributed by atoms with E-state index in [-0.39, 0.29) is 5.57 Å². The van der Waals surface area contributed by atoms with Crippen molar-refractivity contribution < 1.29 is 19.1 Å². The molecule has 0 bridgehead atoms. The van der Waals surface area contributed by atoms with Crippen LogP contribution in [0.3, 0.4) is 0 Å². The van der Waals surface area contributed by atoms with Crippen LogP contribution in [0, 0.1) is 0 Å². The van der Waals surface area contributed by atoms with Crippen LogP contribution in [0.1, 0.15) is 5.56 Å². The molecule has 0 spiro atoms. The Morgan fingerprint density at radius 2 is 0.962 bits per heavy atom. The second kappa shape index (κ2) is 8.44. The smallest absolute Gasteiger partial charge is 0.351 e. The van der Waals surface area contributed by atoms with Crippen molar-refractivity contribution in [2.45, 2.75) is 0 Å². The molecule has 0 aliphatic heterocycles. The first-order valence-corrected chi connectivity index (χ1v) is 8.03. The van der Waals surface area contributed by atoms with Gasteiger partial charge in [0, 0.05) is 0 Å². The van der Waals surface area contributed by atoms with E-state index in [2.05, 4.69) is 0 Å². The maximum absolute atomic E-state index is 12.6. The van der Waals surface area contributed by atoms with Gasteiger partial charge in [-0.25, -0.2) is 9.59 Å². The molecule has 0 aromatic heterocycles. The Bertz CT molecular complexity index is 845. The number of esters is 2. The predicted octanol–water partition coefficient (Wildman–Crippen LogP) is 4.28. The summed E-state index contributed by atoms with van der Waals surface area (Å²) in [6.45, 7) is 0. The molecule has 0 aliphatic carbocycles. The molecule has 4 heteroatoms. The van der Waals surface area contributed by atoms with Gasteiger partial charge in [-0.05, 0) is 35.9 Å². The first kappa shape index (κ1) is 17.2. The van der Waals surface area contributed by atoms with Crippen LogP contribution in [0.15, 0.2) is 96.6 Å². The van der Waals surface area contributed by atoms with Gasteiger partial charge in [-0.15, -0.1) is 0 Å². The van der Waals surface area contributed by atoms with Gasteiger partial charge in [0.25, 0.3) is 0 Å². The fourth-order valence-electron chi connectivity index (χ4n) is 2.22. The maximum Gasteiger partial charge on any atom is 0.351 e. The molecule has 0 radical (unpaired) electrons. The molecule has 0 saturated heterocycles. The van der Waals surface area contributed by atoms with Gasteiger partial charge in [-0.3, -0.25) is 0 Å². The van der Waals surface area contributed by atoms with Crippen molar-refractivity contribution in [2.75, 3.05) is 0 Å². The third kappa shape index (κ3) is 4.68. The Morgan fingerprint density at radius 3 is 1.38 bits per heavy atom. The molecule has 0 amide bonds. The molecule has 0 heterocycles. The summed E-state index contributed by atoms with van der Waals surface area (Å²) >= 11 is 0. The number of ether oxygens (including phenoxy) is 2. The molecular weight excluding hydrogens is 328 g/mol. The van der Waals surface area contributed by atoms with E-state index in [9.17, 15) is 9.59 Å². The van der Waals surface area contributed by atoms with Crippen molar-refractivity contribution in [3.8, 4) is 11.5 Å². The van der Waals surface area contributed by atoms with Gasteiger partial charge in [0.2, 0.25) is 0 Å². The average molecular weight is 344 g/mol. The zero-order chi connectivity index (χ0) is 18.2. The normalized spacial score (nSPS) is 9.85. The summed E-state index contributed by atoms with van der Waals surface area (Å²) in [5, 5.41) is 0. The minimum atomic E-state index is -0.777.